The third-order valence-corrected chi connectivity index (χ3v) is 5.73. The molecule has 1 saturated heterocycles. The Labute approximate surface area is 183 Å². The molecule has 3 heterocycles. The number of piperidine rings is 1. The van der Waals surface area contributed by atoms with Gasteiger partial charge in [0.15, 0.2) is 5.65 Å². The van der Waals surface area contributed by atoms with Crippen LogP contribution in [0.1, 0.15) is 69.2 Å². The van der Waals surface area contributed by atoms with E-state index in [0.717, 1.165) is 48.5 Å². The molecule has 0 unspecified atom stereocenters. The molecule has 0 aliphatic carbocycles. The lowest BCUT2D eigenvalue weighted by Crippen LogP contribution is -2.37. The monoisotopic (exact) mass is 424 g/mol. The number of nitrogens with one attached hydrogen (secondary N) is 1. The second kappa shape index (κ2) is 9.09. The van der Waals surface area contributed by atoms with Crippen LogP contribution in [0.15, 0.2) is 24.3 Å². The van der Waals surface area contributed by atoms with Crippen molar-refractivity contribution >= 4 is 11.6 Å². The highest BCUT2D eigenvalue weighted by Crippen LogP contribution is 2.34. The molecule has 8 heteroatoms. The predicted octanol–water partition coefficient (Wildman–Crippen LogP) is 3.51. The van der Waals surface area contributed by atoms with Crippen molar-refractivity contribution in [1.82, 2.24) is 24.9 Å². The molecule has 2 aromatic heterocycles. The van der Waals surface area contributed by atoms with Crippen molar-refractivity contribution in [2.24, 2.45) is 0 Å². The highest BCUT2D eigenvalue weighted by molar-refractivity contribution is 5.57. The first kappa shape index (κ1) is 21.4. The van der Waals surface area contributed by atoms with Crippen LogP contribution in [0.4, 0.5) is 5.95 Å². The van der Waals surface area contributed by atoms with Crippen molar-refractivity contribution < 1.29 is 9.47 Å². The predicted molar refractivity (Wildman–Crippen MR) is 121 cm³/mol. The van der Waals surface area contributed by atoms with Crippen molar-refractivity contribution in [2.45, 2.75) is 58.5 Å². The Hall–Kier alpha value is -2.87. The summed E-state index contributed by atoms with van der Waals surface area (Å²) in [7, 11) is 0. The maximum atomic E-state index is 6.28. The van der Waals surface area contributed by atoms with E-state index in [1.165, 1.54) is 0 Å². The summed E-state index contributed by atoms with van der Waals surface area (Å²) < 4.78 is 13.4. The lowest BCUT2D eigenvalue weighted by molar-refractivity contribution is 0.153. The van der Waals surface area contributed by atoms with E-state index in [-0.39, 0.29) is 23.9 Å². The Morgan fingerprint density at radius 2 is 2.10 bits per heavy atom. The molecule has 31 heavy (non-hydrogen) atoms. The number of nitrogens with two attached hydrogens (primary N) is 1. The van der Waals surface area contributed by atoms with Gasteiger partial charge in [-0.15, -0.1) is 0 Å². The molecule has 2 atom stereocenters. The lowest BCUT2D eigenvalue weighted by atomic mass is 9.91. The summed E-state index contributed by atoms with van der Waals surface area (Å²) in [5.74, 6) is 1.40. The summed E-state index contributed by atoms with van der Waals surface area (Å²) in [4.78, 5) is 9.11. The van der Waals surface area contributed by atoms with E-state index in [4.69, 9.17) is 25.3 Å². The van der Waals surface area contributed by atoms with Crippen molar-refractivity contribution in [1.29, 1.82) is 0 Å². The molecule has 3 N–H and O–H groups in total. The largest absolute Gasteiger partial charge is 0.494 e. The van der Waals surface area contributed by atoms with Crippen LogP contribution in [-0.4, -0.2) is 45.4 Å². The first-order valence-electron chi connectivity index (χ1n) is 11.1. The number of hydrogen-bond donors (Lipinski definition) is 2. The lowest BCUT2D eigenvalue weighted by Gasteiger charge is -2.22. The molecule has 8 nitrogen and oxygen atoms in total. The van der Waals surface area contributed by atoms with Gasteiger partial charge in [-0.1, -0.05) is 32.9 Å². The molecule has 3 aromatic rings. The number of nitrogen functional groups attached to an aromatic ring is 1. The molecule has 1 aromatic carbocycles. The minimum Gasteiger partial charge on any atom is -0.494 e. The van der Waals surface area contributed by atoms with Gasteiger partial charge in [-0.3, -0.25) is 0 Å². The van der Waals surface area contributed by atoms with Crippen LogP contribution >= 0.6 is 0 Å². The maximum Gasteiger partial charge on any atom is 0.322 e. The SMILES string of the molecule is CCOc1cccc([C@H](C)c2nn3c(N)nc(O[C@@H]4CCCNC4)nc3c2C(C)C)c1. The van der Waals surface area contributed by atoms with E-state index >= 15 is 0 Å². The fourth-order valence-corrected chi connectivity index (χ4v) is 4.16. The molecule has 0 radical (unpaired) electrons. The number of hydrogen-bond acceptors (Lipinski definition) is 7. The van der Waals surface area contributed by atoms with E-state index in [2.05, 4.69) is 43.2 Å². The first-order valence-corrected chi connectivity index (χ1v) is 11.1. The van der Waals surface area contributed by atoms with Gasteiger partial charge >= 0.3 is 6.01 Å². The minimum atomic E-state index is 0.0471. The molecule has 0 spiro atoms. The standard InChI is InChI=1S/C23H32N6O2/c1-5-30-17-9-6-8-16(12-17)15(4)20-19(14(2)3)21-26-23(27-22(24)29(21)28-20)31-18-10-7-11-25-13-18/h6,8-9,12,14-15,18,25H,5,7,10-11,13H2,1-4H3,(H2,24,26,27)/t15-,18+/m0/s1. The summed E-state index contributed by atoms with van der Waals surface area (Å²) in [6.45, 7) is 10.9. The second-order valence-electron chi connectivity index (χ2n) is 8.37. The van der Waals surface area contributed by atoms with E-state index < -0.39 is 0 Å². The van der Waals surface area contributed by atoms with E-state index in [0.29, 0.717) is 18.3 Å². The van der Waals surface area contributed by atoms with Crippen molar-refractivity contribution in [3.05, 3.63) is 41.1 Å². The molecule has 0 bridgehead atoms. The fourth-order valence-electron chi connectivity index (χ4n) is 4.16. The molecule has 1 aliphatic heterocycles. The number of aromatic nitrogens is 4. The van der Waals surface area contributed by atoms with Crippen LogP contribution in [0.5, 0.6) is 11.8 Å². The van der Waals surface area contributed by atoms with Crippen LogP contribution in [0.25, 0.3) is 5.65 Å². The summed E-state index contributed by atoms with van der Waals surface area (Å²) >= 11 is 0. The zero-order chi connectivity index (χ0) is 22.0. The third-order valence-electron chi connectivity index (χ3n) is 5.73. The van der Waals surface area contributed by atoms with Crippen molar-refractivity contribution in [2.75, 3.05) is 25.4 Å². The Balaban J connectivity index is 1.74. The molecule has 0 saturated carbocycles. The highest BCUT2D eigenvalue weighted by atomic mass is 16.5. The Morgan fingerprint density at radius 3 is 2.81 bits per heavy atom. The van der Waals surface area contributed by atoms with Gasteiger partial charge in [-0.25, -0.2) is 0 Å². The quantitative estimate of drug-likeness (QED) is 0.599. The van der Waals surface area contributed by atoms with Gasteiger partial charge in [0.05, 0.1) is 12.3 Å². The van der Waals surface area contributed by atoms with E-state index in [1.54, 1.807) is 4.52 Å². The van der Waals surface area contributed by atoms with Gasteiger partial charge in [0.1, 0.15) is 11.9 Å². The van der Waals surface area contributed by atoms with Gasteiger partial charge in [0.2, 0.25) is 5.95 Å². The zero-order valence-corrected chi connectivity index (χ0v) is 18.8. The molecular weight excluding hydrogens is 392 g/mol. The summed E-state index contributed by atoms with van der Waals surface area (Å²) in [5.41, 5.74) is 10.1. The average molecular weight is 425 g/mol. The Morgan fingerprint density at radius 1 is 1.26 bits per heavy atom. The molecule has 1 fully saturated rings. The Kier molecular flexibility index (Phi) is 6.27. The van der Waals surface area contributed by atoms with Gasteiger partial charge < -0.3 is 20.5 Å². The third kappa shape index (κ3) is 4.44. The summed E-state index contributed by atoms with van der Waals surface area (Å²) in [6, 6.07) is 8.47. The summed E-state index contributed by atoms with van der Waals surface area (Å²) in [6.07, 6.45) is 2.12. The number of fused-ring (bicyclic) bond motifs is 1. The van der Waals surface area contributed by atoms with Crippen LogP contribution in [-0.2, 0) is 0 Å². The van der Waals surface area contributed by atoms with Gasteiger partial charge in [-0.2, -0.15) is 19.6 Å². The number of rotatable bonds is 7. The maximum absolute atomic E-state index is 6.28. The minimum absolute atomic E-state index is 0.0471. The highest BCUT2D eigenvalue weighted by Gasteiger charge is 2.26. The van der Waals surface area contributed by atoms with Crippen molar-refractivity contribution in [3.63, 3.8) is 0 Å². The second-order valence-corrected chi connectivity index (χ2v) is 8.37. The topological polar surface area (TPSA) is 99.6 Å². The average Bonchev–Trinajstić information content (AvgIpc) is 3.15. The number of anilines is 1. The normalized spacial score (nSPS) is 17.8. The fraction of sp³-hybridized carbons (Fsp3) is 0.522. The molecule has 1 aliphatic rings. The van der Waals surface area contributed by atoms with Crippen LogP contribution in [0.2, 0.25) is 0 Å². The van der Waals surface area contributed by atoms with Crippen LogP contribution in [0.3, 0.4) is 0 Å². The van der Waals surface area contributed by atoms with Crippen molar-refractivity contribution in [3.8, 4) is 11.8 Å². The van der Waals surface area contributed by atoms with Crippen LogP contribution < -0.4 is 20.5 Å². The number of ether oxygens (including phenoxy) is 2. The molecular formula is C23H32N6O2. The molecule has 4 rings (SSSR count). The van der Waals surface area contributed by atoms with Crippen LogP contribution in [0, 0.1) is 0 Å². The Bertz CT molecular complexity index is 1040. The number of benzene rings is 1. The van der Waals surface area contributed by atoms with Gasteiger partial charge in [-0.05, 0) is 49.9 Å². The van der Waals surface area contributed by atoms with Gasteiger partial charge in [0.25, 0.3) is 0 Å². The van der Waals surface area contributed by atoms with Gasteiger partial charge in [0, 0.05) is 18.0 Å². The molecule has 166 valence electrons. The zero-order valence-electron chi connectivity index (χ0n) is 18.8. The van der Waals surface area contributed by atoms with E-state index in [9.17, 15) is 0 Å². The summed E-state index contributed by atoms with van der Waals surface area (Å²) in [5, 5.41) is 8.18. The van der Waals surface area contributed by atoms with E-state index in [1.807, 2.05) is 19.1 Å². The number of nitrogens with zero attached hydrogens (tertiary/aromatic N) is 4. The molecule has 0 amide bonds. The first-order chi connectivity index (χ1) is 15.0. The smallest absolute Gasteiger partial charge is 0.322 e.